The minimum Gasteiger partial charge on any atom is -0.480 e. The van der Waals surface area contributed by atoms with Crippen LogP contribution in [-0.2, 0) is 16.1 Å². The number of carboxylic acids is 1. The topological polar surface area (TPSA) is 60.9 Å². The van der Waals surface area contributed by atoms with Crippen molar-refractivity contribution in [2.75, 3.05) is 19.6 Å². The third-order valence-corrected chi connectivity index (χ3v) is 4.92. The number of benzene rings is 1. The number of carbonyl (C=O) groups is 2. The Morgan fingerprint density at radius 2 is 1.96 bits per heavy atom. The van der Waals surface area contributed by atoms with Crippen LogP contribution < -0.4 is 0 Å². The number of aryl methyl sites for hydroxylation is 2. The first-order valence-corrected chi connectivity index (χ1v) is 8.64. The molecule has 1 fully saturated rings. The van der Waals surface area contributed by atoms with E-state index >= 15 is 0 Å². The Kier molecular flexibility index (Phi) is 6.37. The van der Waals surface area contributed by atoms with Crippen molar-refractivity contribution in [1.82, 2.24) is 9.80 Å². The van der Waals surface area contributed by atoms with Crippen molar-refractivity contribution in [2.24, 2.45) is 0 Å². The van der Waals surface area contributed by atoms with Crippen LogP contribution in [0, 0.1) is 13.8 Å². The van der Waals surface area contributed by atoms with E-state index in [-0.39, 0.29) is 18.5 Å². The Morgan fingerprint density at radius 3 is 2.58 bits per heavy atom. The Bertz CT molecular complexity index is 600. The maximum atomic E-state index is 11.8. The van der Waals surface area contributed by atoms with Crippen molar-refractivity contribution in [2.45, 2.75) is 52.6 Å². The summed E-state index contributed by atoms with van der Waals surface area (Å²) in [5.74, 6) is -1.09. The molecule has 0 saturated carbocycles. The van der Waals surface area contributed by atoms with Crippen LogP contribution in [0.15, 0.2) is 18.2 Å². The summed E-state index contributed by atoms with van der Waals surface area (Å²) in [7, 11) is 0. The van der Waals surface area contributed by atoms with Gasteiger partial charge in [0.25, 0.3) is 0 Å². The van der Waals surface area contributed by atoms with E-state index in [0.717, 1.165) is 38.9 Å². The number of rotatable bonds is 5. The van der Waals surface area contributed by atoms with Crippen molar-refractivity contribution < 1.29 is 14.7 Å². The van der Waals surface area contributed by atoms with Crippen LogP contribution >= 0.6 is 0 Å². The second-order valence-electron chi connectivity index (χ2n) is 6.82. The van der Waals surface area contributed by atoms with Crippen molar-refractivity contribution in [3.8, 4) is 0 Å². The number of nitrogens with zero attached hydrogens (tertiary/aromatic N) is 2. The van der Waals surface area contributed by atoms with E-state index in [0.29, 0.717) is 0 Å². The molecule has 1 N–H and O–H groups in total. The standard InChI is InChI=1S/C19H28N2O3/c1-14-6-7-17(11-15(14)2)12-20-9-4-5-18(8-10-20)21(16(3)22)13-19(23)24/h6-7,11,18H,4-5,8-10,12-13H2,1-3H3,(H,23,24). The minimum absolute atomic E-state index is 0.0309. The number of hydrogen-bond acceptors (Lipinski definition) is 3. The average Bonchev–Trinajstić information content (AvgIpc) is 2.74. The van der Waals surface area contributed by atoms with Gasteiger partial charge in [-0.2, -0.15) is 0 Å². The van der Waals surface area contributed by atoms with Gasteiger partial charge in [-0.1, -0.05) is 18.2 Å². The van der Waals surface area contributed by atoms with Gasteiger partial charge in [-0.15, -0.1) is 0 Å². The molecule has 1 aromatic carbocycles. The second-order valence-corrected chi connectivity index (χ2v) is 6.82. The monoisotopic (exact) mass is 332 g/mol. The predicted octanol–water partition coefficient (Wildman–Crippen LogP) is 2.59. The highest BCUT2D eigenvalue weighted by Crippen LogP contribution is 2.19. The summed E-state index contributed by atoms with van der Waals surface area (Å²) in [6.45, 7) is 8.30. The maximum Gasteiger partial charge on any atom is 0.323 e. The molecule has 0 aliphatic carbocycles. The lowest BCUT2D eigenvalue weighted by Gasteiger charge is -2.29. The van der Waals surface area contributed by atoms with Crippen LogP contribution in [0.25, 0.3) is 0 Å². The van der Waals surface area contributed by atoms with Gasteiger partial charge in [-0.25, -0.2) is 0 Å². The summed E-state index contributed by atoms with van der Waals surface area (Å²) < 4.78 is 0. The zero-order chi connectivity index (χ0) is 17.7. The van der Waals surface area contributed by atoms with Crippen LogP contribution in [0.5, 0.6) is 0 Å². The van der Waals surface area contributed by atoms with Gasteiger partial charge in [0.15, 0.2) is 0 Å². The molecule has 1 aromatic rings. The molecule has 2 rings (SSSR count). The number of likely N-dealkylation sites (tertiary alicyclic amines) is 1. The van der Waals surface area contributed by atoms with Crippen molar-refractivity contribution >= 4 is 11.9 Å². The molecule has 1 unspecified atom stereocenters. The second kappa shape index (κ2) is 8.29. The number of amides is 1. The fourth-order valence-electron chi connectivity index (χ4n) is 3.41. The first kappa shape index (κ1) is 18.5. The molecule has 0 aromatic heterocycles. The first-order chi connectivity index (χ1) is 11.4. The molecule has 132 valence electrons. The van der Waals surface area contributed by atoms with Gasteiger partial charge in [-0.05, 0) is 56.3 Å². The van der Waals surface area contributed by atoms with E-state index < -0.39 is 5.97 Å². The number of aliphatic carboxylic acids is 1. The maximum absolute atomic E-state index is 11.8. The van der Waals surface area contributed by atoms with Gasteiger partial charge in [0.05, 0.1) is 0 Å². The molecule has 1 heterocycles. The highest BCUT2D eigenvalue weighted by Gasteiger charge is 2.26. The lowest BCUT2D eigenvalue weighted by atomic mass is 10.1. The molecule has 1 saturated heterocycles. The normalized spacial score (nSPS) is 18.9. The van der Waals surface area contributed by atoms with Crippen LogP contribution in [0.3, 0.4) is 0 Å². The molecular formula is C19H28N2O3. The van der Waals surface area contributed by atoms with Crippen LogP contribution in [0.2, 0.25) is 0 Å². The highest BCUT2D eigenvalue weighted by molar-refractivity contribution is 5.79. The summed E-state index contributed by atoms with van der Waals surface area (Å²) in [5, 5.41) is 9.02. The van der Waals surface area contributed by atoms with Crippen LogP contribution in [0.4, 0.5) is 0 Å². The Balaban J connectivity index is 1.97. The summed E-state index contributed by atoms with van der Waals surface area (Å²) in [4.78, 5) is 26.7. The Hall–Kier alpha value is -1.88. The van der Waals surface area contributed by atoms with E-state index in [9.17, 15) is 9.59 Å². The van der Waals surface area contributed by atoms with E-state index in [1.807, 2.05) is 0 Å². The van der Waals surface area contributed by atoms with Gasteiger partial charge in [0.1, 0.15) is 6.54 Å². The molecule has 1 atom stereocenters. The molecule has 0 bridgehead atoms. The van der Waals surface area contributed by atoms with E-state index in [4.69, 9.17) is 5.11 Å². The molecule has 0 spiro atoms. The summed E-state index contributed by atoms with van der Waals surface area (Å²) in [6.07, 6.45) is 2.69. The molecule has 0 radical (unpaired) electrons. The number of hydrogen-bond donors (Lipinski definition) is 1. The van der Waals surface area contributed by atoms with E-state index in [2.05, 4.69) is 36.9 Å². The molecule has 1 amide bonds. The number of carboxylic acid groups (broad SMARTS) is 1. The summed E-state index contributed by atoms with van der Waals surface area (Å²) in [6, 6.07) is 6.61. The molecule has 1 aliphatic heterocycles. The van der Waals surface area contributed by atoms with Gasteiger partial charge in [0.2, 0.25) is 5.91 Å². The highest BCUT2D eigenvalue weighted by atomic mass is 16.4. The predicted molar refractivity (Wildman–Crippen MR) is 93.9 cm³/mol. The average molecular weight is 332 g/mol. The smallest absolute Gasteiger partial charge is 0.323 e. The van der Waals surface area contributed by atoms with E-state index in [1.54, 1.807) is 0 Å². The third kappa shape index (κ3) is 5.06. The van der Waals surface area contributed by atoms with Crippen molar-refractivity contribution in [3.63, 3.8) is 0 Å². The van der Waals surface area contributed by atoms with Gasteiger partial charge >= 0.3 is 5.97 Å². The largest absolute Gasteiger partial charge is 0.480 e. The van der Waals surface area contributed by atoms with Gasteiger partial charge in [-0.3, -0.25) is 14.5 Å². The molecular weight excluding hydrogens is 304 g/mol. The third-order valence-electron chi connectivity index (χ3n) is 4.92. The number of carbonyl (C=O) groups excluding carboxylic acids is 1. The molecule has 5 nitrogen and oxygen atoms in total. The van der Waals surface area contributed by atoms with Gasteiger partial charge < -0.3 is 10.0 Å². The van der Waals surface area contributed by atoms with E-state index in [1.165, 1.54) is 28.5 Å². The molecule has 5 heteroatoms. The molecule has 24 heavy (non-hydrogen) atoms. The van der Waals surface area contributed by atoms with Gasteiger partial charge in [0, 0.05) is 26.1 Å². The minimum atomic E-state index is -0.943. The van der Waals surface area contributed by atoms with Crippen molar-refractivity contribution in [3.05, 3.63) is 34.9 Å². The summed E-state index contributed by atoms with van der Waals surface area (Å²) in [5.41, 5.74) is 3.93. The van der Waals surface area contributed by atoms with Crippen LogP contribution in [-0.4, -0.2) is 52.5 Å². The molecule has 1 aliphatic rings. The van der Waals surface area contributed by atoms with Crippen LogP contribution in [0.1, 0.15) is 42.9 Å². The lowest BCUT2D eigenvalue weighted by Crippen LogP contribution is -2.42. The lowest BCUT2D eigenvalue weighted by molar-refractivity contribution is -0.145. The zero-order valence-corrected chi connectivity index (χ0v) is 14.9. The first-order valence-electron chi connectivity index (χ1n) is 8.64. The van der Waals surface area contributed by atoms with Crippen molar-refractivity contribution in [1.29, 1.82) is 0 Å². The Labute approximate surface area is 144 Å². The zero-order valence-electron chi connectivity index (χ0n) is 14.9. The Morgan fingerprint density at radius 1 is 1.21 bits per heavy atom. The quantitative estimate of drug-likeness (QED) is 0.900. The fourth-order valence-corrected chi connectivity index (χ4v) is 3.41. The SMILES string of the molecule is CC(=O)N(CC(=O)O)C1CCCN(Cc2ccc(C)c(C)c2)CC1. The fraction of sp³-hybridized carbons (Fsp3) is 0.579. The summed E-state index contributed by atoms with van der Waals surface area (Å²) >= 11 is 0.